The lowest BCUT2D eigenvalue weighted by atomic mass is 9.92. The zero-order chi connectivity index (χ0) is 11.3. The van der Waals surface area contributed by atoms with Gasteiger partial charge >= 0.3 is 0 Å². The highest BCUT2D eigenvalue weighted by Gasteiger charge is 2.14. The summed E-state index contributed by atoms with van der Waals surface area (Å²) in [7, 11) is 0. The fraction of sp³-hybridized carbons (Fsp3) is 0.154. The minimum absolute atomic E-state index is 0.00157. The second kappa shape index (κ2) is 5.15. The molecule has 0 heterocycles. The van der Waals surface area contributed by atoms with Crippen molar-refractivity contribution in [3.05, 3.63) is 60.2 Å². The molecule has 15 heavy (non-hydrogen) atoms. The molecule has 0 aliphatic carbocycles. The van der Waals surface area contributed by atoms with E-state index in [1.165, 1.54) is 0 Å². The van der Waals surface area contributed by atoms with Crippen LogP contribution < -0.4 is 5.73 Å². The van der Waals surface area contributed by atoms with E-state index in [1.54, 1.807) is 12.2 Å². The molecule has 0 unspecified atom stereocenters. The van der Waals surface area contributed by atoms with Gasteiger partial charge in [0.1, 0.15) is 0 Å². The quantitative estimate of drug-likeness (QED) is 0.590. The summed E-state index contributed by atoms with van der Waals surface area (Å²) in [5, 5.41) is 0. The van der Waals surface area contributed by atoms with Crippen LogP contribution in [0.3, 0.4) is 0 Å². The van der Waals surface area contributed by atoms with Gasteiger partial charge in [0.15, 0.2) is 0 Å². The van der Waals surface area contributed by atoms with Crippen molar-refractivity contribution in [2.45, 2.75) is 12.8 Å². The number of primary amides is 1. The van der Waals surface area contributed by atoms with Crippen LogP contribution in [0, 0.1) is 0 Å². The third kappa shape index (κ3) is 2.81. The Morgan fingerprint density at radius 3 is 2.47 bits per heavy atom. The molecule has 2 heteroatoms. The lowest BCUT2D eigenvalue weighted by molar-refractivity contribution is -0.114. The molecule has 2 nitrogen and oxygen atoms in total. The van der Waals surface area contributed by atoms with Crippen molar-refractivity contribution < 1.29 is 4.79 Å². The average molecular weight is 201 g/mol. The molecule has 2 N–H and O–H groups in total. The van der Waals surface area contributed by atoms with Crippen LogP contribution in [0.5, 0.6) is 0 Å². The van der Waals surface area contributed by atoms with Crippen molar-refractivity contribution in [2.75, 3.05) is 0 Å². The predicted molar refractivity (Wildman–Crippen MR) is 62.3 cm³/mol. The monoisotopic (exact) mass is 201 g/mol. The van der Waals surface area contributed by atoms with Gasteiger partial charge < -0.3 is 5.73 Å². The number of carbonyl (C=O) groups excluding carboxylic acids is 1. The Kier molecular flexibility index (Phi) is 3.86. The molecule has 1 amide bonds. The average Bonchev–Trinajstić information content (AvgIpc) is 2.26. The van der Waals surface area contributed by atoms with Gasteiger partial charge in [0.05, 0.1) is 0 Å². The summed E-state index contributed by atoms with van der Waals surface area (Å²) in [6.45, 7) is 5.53. The Morgan fingerprint density at radius 1 is 1.40 bits per heavy atom. The maximum absolute atomic E-state index is 11.2. The molecule has 0 aliphatic heterocycles. The molecule has 0 bridgehead atoms. The Labute approximate surface area is 90.1 Å². The number of amides is 1. The van der Waals surface area contributed by atoms with Gasteiger partial charge in [-0.05, 0) is 5.56 Å². The SMILES string of the molecule is C=CC=C(C(N)=O)[C@H](C)c1ccccc1. The first-order chi connectivity index (χ1) is 7.16. The predicted octanol–water partition coefficient (Wildman–Crippen LogP) is 2.39. The van der Waals surface area contributed by atoms with E-state index < -0.39 is 5.91 Å². The zero-order valence-electron chi connectivity index (χ0n) is 8.81. The van der Waals surface area contributed by atoms with E-state index in [9.17, 15) is 4.79 Å². The number of allylic oxidation sites excluding steroid dienone is 2. The molecule has 1 aromatic rings. The Balaban J connectivity index is 3.01. The fourth-order valence-electron chi connectivity index (χ4n) is 1.49. The summed E-state index contributed by atoms with van der Waals surface area (Å²) in [4.78, 5) is 11.2. The highest BCUT2D eigenvalue weighted by atomic mass is 16.1. The van der Waals surface area contributed by atoms with Crippen LogP contribution in [0.4, 0.5) is 0 Å². The first-order valence-electron chi connectivity index (χ1n) is 4.84. The number of hydrogen-bond acceptors (Lipinski definition) is 1. The number of benzene rings is 1. The first-order valence-corrected chi connectivity index (χ1v) is 4.84. The maximum atomic E-state index is 11.2. The minimum atomic E-state index is -0.397. The zero-order valence-corrected chi connectivity index (χ0v) is 8.81. The Morgan fingerprint density at radius 2 is 2.00 bits per heavy atom. The van der Waals surface area contributed by atoms with Crippen LogP contribution in [0.2, 0.25) is 0 Å². The van der Waals surface area contributed by atoms with Crippen molar-refractivity contribution in [3.63, 3.8) is 0 Å². The van der Waals surface area contributed by atoms with E-state index in [0.717, 1.165) is 5.56 Å². The van der Waals surface area contributed by atoms with Crippen molar-refractivity contribution in [1.29, 1.82) is 0 Å². The second-order valence-corrected chi connectivity index (χ2v) is 3.35. The topological polar surface area (TPSA) is 43.1 Å². The van der Waals surface area contributed by atoms with Crippen LogP contribution in [0.15, 0.2) is 54.6 Å². The van der Waals surface area contributed by atoms with Crippen LogP contribution in [0.1, 0.15) is 18.4 Å². The molecular formula is C13H15NO. The lowest BCUT2D eigenvalue weighted by Gasteiger charge is -2.12. The van der Waals surface area contributed by atoms with Gasteiger partial charge in [0.25, 0.3) is 0 Å². The fourth-order valence-corrected chi connectivity index (χ4v) is 1.49. The summed E-state index contributed by atoms with van der Waals surface area (Å²) in [5.41, 5.74) is 6.96. The maximum Gasteiger partial charge on any atom is 0.245 e. The van der Waals surface area contributed by atoms with Crippen LogP contribution in [0.25, 0.3) is 0 Å². The van der Waals surface area contributed by atoms with Gasteiger partial charge in [-0.25, -0.2) is 0 Å². The summed E-state index contributed by atoms with van der Waals surface area (Å²) >= 11 is 0. The molecule has 0 saturated carbocycles. The summed E-state index contributed by atoms with van der Waals surface area (Å²) in [6, 6.07) is 9.78. The van der Waals surface area contributed by atoms with E-state index in [0.29, 0.717) is 5.57 Å². The lowest BCUT2D eigenvalue weighted by Crippen LogP contribution is -2.18. The van der Waals surface area contributed by atoms with Crippen LogP contribution >= 0.6 is 0 Å². The van der Waals surface area contributed by atoms with E-state index in [1.807, 2.05) is 37.3 Å². The third-order valence-electron chi connectivity index (χ3n) is 2.35. The molecule has 0 fully saturated rings. The first kappa shape index (κ1) is 11.2. The number of hydrogen-bond donors (Lipinski definition) is 1. The molecule has 78 valence electrons. The Hall–Kier alpha value is -1.83. The normalized spacial score (nSPS) is 13.3. The van der Waals surface area contributed by atoms with Crippen LogP contribution in [-0.2, 0) is 4.79 Å². The number of carbonyl (C=O) groups is 1. The summed E-state index contributed by atoms with van der Waals surface area (Å²) < 4.78 is 0. The number of nitrogens with two attached hydrogens (primary N) is 1. The van der Waals surface area contributed by atoms with E-state index in [2.05, 4.69) is 6.58 Å². The highest BCUT2D eigenvalue weighted by Crippen LogP contribution is 2.23. The summed E-state index contributed by atoms with van der Waals surface area (Å²) in [5.74, 6) is -0.395. The van der Waals surface area contributed by atoms with Gasteiger partial charge in [-0.1, -0.05) is 56.0 Å². The molecule has 1 aromatic carbocycles. The molecule has 0 saturated heterocycles. The van der Waals surface area contributed by atoms with Crippen molar-refractivity contribution in [2.24, 2.45) is 5.73 Å². The second-order valence-electron chi connectivity index (χ2n) is 3.35. The molecule has 0 aromatic heterocycles. The van der Waals surface area contributed by atoms with Gasteiger partial charge in [-0.3, -0.25) is 4.79 Å². The molecule has 0 radical (unpaired) electrons. The van der Waals surface area contributed by atoms with Gasteiger partial charge in [0, 0.05) is 11.5 Å². The Bertz CT molecular complexity index is 379. The van der Waals surface area contributed by atoms with Crippen molar-refractivity contribution in [3.8, 4) is 0 Å². The summed E-state index contributed by atoms with van der Waals surface area (Å²) in [6.07, 6.45) is 3.25. The third-order valence-corrected chi connectivity index (χ3v) is 2.35. The molecule has 1 rings (SSSR count). The largest absolute Gasteiger partial charge is 0.366 e. The molecule has 0 spiro atoms. The van der Waals surface area contributed by atoms with Gasteiger partial charge in [0.2, 0.25) is 5.91 Å². The van der Waals surface area contributed by atoms with E-state index in [-0.39, 0.29) is 5.92 Å². The van der Waals surface area contributed by atoms with Crippen LogP contribution in [-0.4, -0.2) is 5.91 Å². The smallest absolute Gasteiger partial charge is 0.245 e. The minimum Gasteiger partial charge on any atom is -0.366 e. The molecular weight excluding hydrogens is 186 g/mol. The van der Waals surface area contributed by atoms with Gasteiger partial charge in [-0.15, -0.1) is 0 Å². The standard InChI is InChI=1S/C13H15NO/c1-3-7-12(13(14)15)10(2)11-8-5-4-6-9-11/h3-10H,1H2,2H3,(H2,14,15)/t10-/m1/s1. The van der Waals surface area contributed by atoms with Crippen molar-refractivity contribution in [1.82, 2.24) is 0 Å². The number of rotatable bonds is 4. The molecule has 1 atom stereocenters. The van der Waals surface area contributed by atoms with Crippen molar-refractivity contribution >= 4 is 5.91 Å². The van der Waals surface area contributed by atoms with E-state index in [4.69, 9.17) is 5.73 Å². The molecule has 0 aliphatic rings. The van der Waals surface area contributed by atoms with E-state index >= 15 is 0 Å². The highest BCUT2D eigenvalue weighted by molar-refractivity contribution is 5.93. The van der Waals surface area contributed by atoms with Gasteiger partial charge in [-0.2, -0.15) is 0 Å².